The molecule has 0 amide bonds. The van der Waals surface area contributed by atoms with Crippen molar-refractivity contribution in [2.24, 2.45) is 0 Å². The zero-order valence-electron chi connectivity index (χ0n) is 29.7. The van der Waals surface area contributed by atoms with E-state index in [1.807, 2.05) is 0 Å². The Kier molecular flexibility index (Phi) is 6.69. The Bertz CT molecular complexity index is 2420. The van der Waals surface area contributed by atoms with Gasteiger partial charge in [0, 0.05) is 0 Å². The van der Waals surface area contributed by atoms with Gasteiger partial charge in [0.15, 0.2) is 0 Å². The average molecular weight is 657 g/mol. The number of hydrogen-bond acceptors (Lipinski definition) is 0. The second-order valence-corrected chi connectivity index (χ2v) is 16.8. The molecule has 2 aliphatic rings. The van der Waals surface area contributed by atoms with E-state index in [9.17, 15) is 0 Å². The van der Waals surface area contributed by atoms with Crippen molar-refractivity contribution < 1.29 is 0 Å². The third kappa shape index (κ3) is 4.95. The minimum Gasteiger partial charge on any atom is -0.0616 e. The summed E-state index contributed by atoms with van der Waals surface area (Å²) in [4.78, 5) is 0. The molecule has 0 unspecified atom stereocenters. The van der Waals surface area contributed by atoms with E-state index >= 15 is 0 Å². The Morgan fingerprint density at radius 3 is 0.843 bits per heavy atom. The molecule has 2 aliphatic carbocycles. The fourth-order valence-electron chi connectivity index (χ4n) is 11.3. The van der Waals surface area contributed by atoms with Crippen molar-refractivity contribution in [3.8, 4) is 0 Å². The maximum atomic E-state index is 2.60. The molecule has 0 nitrogen and oxygen atoms in total. The molecular formula is C51H44. The van der Waals surface area contributed by atoms with Crippen LogP contribution in [-0.4, -0.2) is 0 Å². The Morgan fingerprint density at radius 1 is 0.275 bits per heavy atom. The number of hydrogen-bond donors (Lipinski definition) is 0. The first-order valence-electron chi connectivity index (χ1n) is 18.8. The van der Waals surface area contributed by atoms with Gasteiger partial charge in [0.2, 0.25) is 0 Å². The molecule has 0 saturated heterocycles. The van der Waals surface area contributed by atoms with Crippen molar-refractivity contribution in [2.75, 3.05) is 0 Å². The zero-order chi connectivity index (χ0) is 34.3. The lowest BCUT2D eigenvalue weighted by atomic mass is 9.40. The maximum Gasteiger partial charge on any atom is -0.00215 e. The van der Waals surface area contributed by atoms with Crippen LogP contribution in [0.2, 0.25) is 0 Å². The lowest BCUT2D eigenvalue weighted by Gasteiger charge is -2.64. The highest BCUT2D eigenvalue weighted by atomic mass is 14.6. The van der Waals surface area contributed by atoms with Gasteiger partial charge in [-0.2, -0.15) is 0 Å². The third-order valence-corrected chi connectivity index (χ3v) is 13.2. The molecule has 0 aliphatic heterocycles. The average Bonchev–Trinajstić information content (AvgIpc) is 3.16. The summed E-state index contributed by atoms with van der Waals surface area (Å²) in [5, 5.41) is 10.6. The molecule has 0 aromatic heterocycles. The summed E-state index contributed by atoms with van der Waals surface area (Å²) in [7, 11) is 0. The van der Waals surface area contributed by atoms with Gasteiger partial charge in [-0.25, -0.2) is 0 Å². The molecule has 8 aromatic carbocycles. The first-order valence-corrected chi connectivity index (χ1v) is 18.8. The van der Waals surface area contributed by atoms with Crippen LogP contribution in [0.4, 0.5) is 0 Å². The van der Waals surface area contributed by atoms with Crippen LogP contribution in [0.15, 0.2) is 170 Å². The summed E-state index contributed by atoms with van der Waals surface area (Å²) in [6, 6.07) is 65.2. The van der Waals surface area contributed by atoms with E-state index < -0.39 is 0 Å². The molecule has 0 radical (unpaired) electrons. The van der Waals surface area contributed by atoms with E-state index in [0.29, 0.717) is 0 Å². The normalized spacial score (nSPS) is 26.2. The summed E-state index contributed by atoms with van der Waals surface area (Å²) < 4.78 is 0. The second-order valence-electron chi connectivity index (χ2n) is 16.8. The summed E-state index contributed by atoms with van der Waals surface area (Å²) in [6.45, 7) is 5.20. The fraction of sp³-hybridized carbons (Fsp3) is 0.216. The van der Waals surface area contributed by atoms with Crippen LogP contribution in [0.5, 0.6) is 0 Å². The number of benzene rings is 8. The van der Waals surface area contributed by atoms with Gasteiger partial charge >= 0.3 is 0 Å². The van der Waals surface area contributed by atoms with E-state index in [1.165, 1.54) is 65.3 Å². The molecule has 2 bridgehead atoms. The first-order chi connectivity index (χ1) is 24.8. The predicted molar refractivity (Wildman–Crippen MR) is 217 cm³/mol. The van der Waals surface area contributed by atoms with Gasteiger partial charge in [-0.15, -0.1) is 0 Å². The van der Waals surface area contributed by atoms with Crippen LogP contribution in [-0.2, 0) is 21.7 Å². The first kappa shape index (κ1) is 30.6. The third-order valence-electron chi connectivity index (χ3n) is 13.2. The smallest absolute Gasteiger partial charge is 0.00215 e. The Balaban J connectivity index is 1.24. The van der Waals surface area contributed by atoms with Crippen molar-refractivity contribution in [1.29, 1.82) is 0 Å². The number of fused-ring (bicyclic) bond motifs is 6. The quantitative estimate of drug-likeness (QED) is 0.177. The molecule has 2 fully saturated rings. The standard InChI is InChI=1S/C51H44/c1-48(44-23-19-36-11-3-7-15-40(36)27-44)31-50(46-25-21-38-13-5-9-17-42(38)29-46)33-49(2,45-24-20-37-12-4-8-16-41(37)28-45)34-51(32-48,35-50)47-26-22-39-14-6-10-18-43(39)30-47/h3-30H,31-35H2,1-2H3. The molecule has 248 valence electrons. The topological polar surface area (TPSA) is 0 Å². The largest absolute Gasteiger partial charge is 0.0616 e. The van der Waals surface area contributed by atoms with Gasteiger partial charge in [0.1, 0.15) is 0 Å². The van der Waals surface area contributed by atoms with Gasteiger partial charge in [-0.1, -0.05) is 184 Å². The SMILES string of the molecule is CC1(c2ccc3ccccc3c2)CC2(c3ccc4ccccc4c3)CC(C)(c3ccc4ccccc4c3)CC(c3ccc4ccccc4c3)(C1)C2. The van der Waals surface area contributed by atoms with Crippen LogP contribution in [0.1, 0.15) is 68.2 Å². The molecule has 0 heteroatoms. The van der Waals surface area contributed by atoms with E-state index in [2.05, 4.69) is 184 Å². The zero-order valence-corrected chi connectivity index (χ0v) is 29.7. The van der Waals surface area contributed by atoms with E-state index in [1.54, 1.807) is 0 Å². The number of rotatable bonds is 4. The van der Waals surface area contributed by atoms with Gasteiger partial charge in [-0.3, -0.25) is 0 Å². The molecule has 51 heavy (non-hydrogen) atoms. The highest BCUT2D eigenvalue weighted by molar-refractivity contribution is 5.86. The molecule has 10 rings (SSSR count). The molecule has 2 saturated carbocycles. The minimum absolute atomic E-state index is 0.0235. The molecular weight excluding hydrogens is 613 g/mol. The Labute approximate surface area is 301 Å². The highest BCUT2D eigenvalue weighted by Crippen LogP contribution is 2.67. The van der Waals surface area contributed by atoms with Crippen molar-refractivity contribution in [1.82, 2.24) is 0 Å². The molecule has 0 atom stereocenters. The van der Waals surface area contributed by atoms with Crippen LogP contribution in [0, 0.1) is 0 Å². The second kappa shape index (κ2) is 11.1. The van der Waals surface area contributed by atoms with Crippen molar-refractivity contribution in [2.45, 2.75) is 67.6 Å². The van der Waals surface area contributed by atoms with E-state index in [-0.39, 0.29) is 21.7 Å². The van der Waals surface area contributed by atoms with Crippen LogP contribution in [0.3, 0.4) is 0 Å². The van der Waals surface area contributed by atoms with Crippen LogP contribution < -0.4 is 0 Å². The lowest BCUT2D eigenvalue weighted by molar-refractivity contribution is 0.0168. The molecule has 0 spiro atoms. The molecule has 8 aromatic rings. The highest BCUT2D eigenvalue weighted by Gasteiger charge is 2.61. The summed E-state index contributed by atoms with van der Waals surface area (Å²) in [5.41, 5.74) is 5.85. The minimum atomic E-state index is -0.0348. The van der Waals surface area contributed by atoms with Gasteiger partial charge in [0.25, 0.3) is 0 Å². The Morgan fingerprint density at radius 2 is 0.529 bits per heavy atom. The van der Waals surface area contributed by atoms with Crippen LogP contribution in [0.25, 0.3) is 43.1 Å². The molecule has 0 heterocycles. The van der Waals surface area contributed by atoms with Gasteiger partial charge in [-0.05, 0) is 119 Å². The lowest BCUT2D eigenvalue weighted by Crippen LogP contribution is -2.59. The van der Waals surface area contributed by atoms with E-state index in [4.69, 9.17) is 0 Å². The molecule has 0 N–H and O–H groups in total. The van der Waals surface area contributed by atoms with Crippen molar-refractivity contribution in [3.05, 3.63) is 192 Å². The summed E-state index contributed by atoms with van der Waals surface area (Å²) in [6.07, 6.45) is 5.64. The van der Waals surface area contributed by atoms with Gasteiger partial charge < -0.3 is 0 Å². The fourth-order valence-corrected chi connectivity index (χ4v) is 11.3. The summed E-state index contributed by atoms with van der Waals surface area (Å²) in [5.74, 6) is 0. The van der Waals surface area contributed by atoms with E-state index in [0.717, 1.165) is 32.1 Å². The maximum absolute atomic E-state index is 2.60. The van der Waals surface area contributed by atoms with Gasteiger partial charge in [0.05, 0.1) is 0 Å². The Hall–Kier alpha value is -5.20. The summed E-state index contributed by atoms with van der Waals surface area (Å²) >= 11 is 0. The predicted octanol–water partition coefficient (Wildman–Crippen LogP) is 13.4. The van der Waals surface area contributed by atoms with Crippen LogP contribution >= 0.6 is 0 Å². The monoisotopic (exact) mass is 656 g/mol. The van der Waals surface area contributed by atoms with Crippen molar-refractivity contribution in [3.63, 3.8) is 0 Å². The van der Waals surface area contributed by atoms with Crippen molar-refractivity contribution >= 4 is 43.1 Å².